The molecule has 1 aromatic carbocycles. The van der Waals surface area contributed by atoms with Gasteiger partial charge in [0.25, 0.3) is 0 Å². The topological polar surface area (TPSA) is 52.3 Å². The van der Waals surface area contributed by atoms with Gasteiger partial charge in [0.05, 0.1) is 12.2 Å². The number of ether oxygens (including phenoxy) is 1. The Kier molecular flexibility index (Phi) is 4.58. The number of hydrogen-bond acceptors (Lipinski definition) is 3. The van der Waals surface area contributed by atoms with Gasteiger partial charge in [-0.05, 0) is 31.0 Å². The predicted octanol–water partition coefficient (Wildman–Crippen LogP) is 3.08. The summed E-state index contributed by atoms with van der Waals surface area (Å²) in [5.41, 5.74) is 6.88. The highest BCUT2D eigenvalue weighted by molar-refractivity contribution is 5.92. The van der Waals surface area contributed by atoms with E-state index >= 15 is 0 Å². The van der Waals surface area contributed by atoms with Crippen LogP contribution in [0.3, 0.4) is 0 Å². The summed E-state index contributed by atoms with van der Waals surface area (Å²) in [4.78, 5) is 11.6. The first-order valence-corrected chi connectivity index (χ1v) is 5.39. The first kappa shape index (κ1) is 14.3. The number of alkyl halides is 3. The number of carbonyl (C=O) groups excluding carboxylic acids is 1. The molecule has 6 heteroatoms. The number of halogens is 3. The summed E-state index contributed by atoms with van der Waals surface area (Å²) >= 11 is 0. The first-order valence-electron chi connectivity index (χ1n) is 5.39. The summed E-state index contributed by atoms with van der Waals surface area (Å²) in [5.74, 6) is -0.651. The molecular weight excluding hydrogens is 247 g/mol. The van der Waals surface area contributed by atoms with E-state index in [1.54, 1.807) is 19.1 Å². The monoisotopic (exact) mass is 261 g/mol. The van der Waals surface area contributed by atoms with Gasteiger partial charge < -0.3 is 10.5 Å². The zero-order valence-electron chi connectivity index (χ0n) is 9.88. The third-order valence-electron chi connectivity index (χ3n) is 2.32. The van der Waals surface area contributed by atoms with Crippen LogP contribution in [0.5, 0.6) is 0 Å². The van der Waals surface area contributed by atoms with Gasteiger partial charge in [-0.2, -0.15) is 13.2 Å². The van der Waals surface area contributed by atoms with Gasteiger partial charge in [-0.25, -0.2) is 4.79 Å². The lowest BCUT2D eigenvalue weighted by Gasteiger charge is -2.09. The molecule has 0 atom stereocenters. The maximum Gasteiger partial charge on any atom is 0.389 e. The zero-order chi connectivity index (χ0) is 13.8. The van der Waals surface area contributed by atoms with Gasteiger partial charge in [-0.1, -0.05) is 6.07 Å². The molecule has 0 saturated carbocycles. The number of hydrogen-bond donors (Lipinski definition) is 1. The van der Waals surface area contributed by atoms with E-state index in [-0.39, 0.29) is 18.6 Å². The van der Waals surface area contributed by atoms with Gasteiger partial charge >= 0.3 is 12.1 Å². The zero-order valence-corrected chi connectivity index (χ0v) is 9.88. The van der Waals surface area contributed by atoms with Crippen LogP contribution in [-0.4, -0.2) is 18.8 Å². The average molecular weight is 261 g/mol. The molecule has 0 aromatic heterocycles. The molecule has 0 amide bonds. The van der Waals surface area contributed by atoms with Crippen LogP contribution in [-0.2, 0) is 4.74 Å². The molecule has 0 radical (unpaired) electrons. The molecule has 0 fully saturated rings. The highest BCUT2D eigenvalue weighted by Crippen LogP contribution is 2.21. The summed E-state index contributed by atoms with van der Waals surface area (Å²) in [6.45, 7) is 1.44. The van der Waals surface area contributed by atoms with Crippen LogP contribution in [0.1, 0.15) is 28.8 Å². The Morgan fingerprint density at radius 2 is 2.06 bits per heavy atom. The van der Waals surface area contributed by atoms with Crippen molar-refractivity contribution in [3.8, 4) is 0 Å². The van der Waals surface area contributed by atoms with Crippen molar-refractivity contribution in [2.75, 3.05) is 12.3 Å². The van der Waals surface area contributed by atoms with Crippen molar-refractivity contribution in [3.63, 3.8) is 0 Å². The number of rotatable bonds is 4. The lowest BCUT2D eigenvalue weighted by atomic mass is 10.1. The van der Waals surface area contributed by atoms with Crippen molar-refractivity contribution in [2.24, 2.45) is 0 Å². The van der Waals surface area contributed by atoms with Crippen molar-refractivity contribution in [1.29, 1.82) is 0 Å². The number of nitrogens with two attached hydrogens (primary N) is 1. The summed E-state index contributed by atoms with van der Waals surface area (Å²) in [6.07, 6.45) is -5.42. The van der Waals surface area contributed by atoms with Crippen LogP contribution in [0.15, 0.2) is 18.2 Å². The molecule has 0 saturated heterocycles. The Balaban J connectivity index is 2.48. The Hall–Kier alpha value is -1.72. The SMILES string of the molecule is Cc1ccc(N)cc1C(=O)OCCCC(F)(F)F. The van der Waals surface area contributed by atoms with Crippen LogP contribution in [0.25, 0.3) is 0 Å². The van der Waals surface area contributed by atoms with Crippen LogP contribution >= 0.6 is 0 Å². The highest BCUT2D eigenvalue weighted by Gasteiger charge is 2.26. The molecule has 0 aliphatic carbocycles. The maximum atomic E-state index is 11.9. The number of esters is 1. The quantitative estimate of drug-likeness (QED) is 0.515. The van der Waals surface area contributed by atoms with Crippen molar-refractivity contribution in [3.05, 3.63) is 29.3 Å². The van der Waals surface area contributed by atoms with E-state index in [0.717, 1.165) is 0 Å². The molecule has 0 heterocycles. The van der Waals surface area contributed by atoms with Crippen molar-refractivity contribution in [2.45, 2.75) is 25.9 Å². The number of carbonyl (C=O) groups is 1. The second kappa shape index (κ2) is 5.75. The van der Waals surface area contributed by atoms with Gasteiger partial charge in [0.2, 0.25) is 0 Å². The minimum Gasteiger partial charge on any atom is -0.462 e. The van der Waals surface area contributed by atoms with Crippen LogP contribution < -0.4 is 5.73 Å². The molecule has 0 bridgehead atoms. The minimum absolute atomic E-state index is 0.239. The smallest absolute Gasteiger partial charge is 0.389 e. The molecule has 0 aliphatic heterocycles. The third kappa shape index (κ3) is 4.65. The molecule has 0 aliphatic rings. The lowest BCUT2D eigenvalue weighted by Crippen LogP contribution is -2.12. The Bertz CT molecular complexity index is 430. The van der Waals surface area contributed by atoms with Gasteiger partial charge in [-0.3, -0.25) is 0 Å². The lowest BCUT2D eigenvalue weighted by molar-refractivity contribution is -0.137. The molecule has 0 spiro atoms. The number of anilines is 1. The van der Waals surface area contributed by atoms with Crippen molar-refractivity contribution >= 4 is 11.7 Å². The Morgan fingerprint density at radius 3 is 2.67 bits per heavy atom. The molecular formula is C12H14F3NO2. The Morgan fingerprint density at radius 1 is 1.39 bits per heavy atom. The molecule has 0 unspecified atom stereocenters. The molecule has 100 valence electrons. The third-order valence-corrected chi connectivity index (χ3v) is 2.32. The number of benzene rings is 1. The van der Waals surface area contributed by atoms with Crippen LogP contribution in [0, 0.1) is 6.92 Å². The highest BCUT2D eigenvalue weighted by atomic mass is 19.4. The maximum absolute atomic E-state index is 11.9. The van der Waals surface area contributed by atoms with Crippen molar-refractivity contribution in [1.82, 2.24) is 0 Å². The molecule has 1 rings (SSSR count). The molecule has 18 heavy (non-hydrogen) atoms. The van der Waals surface area contributed by atoms with E-state index in [2.05, 4.69) is 0 Å². The average Bonchev–Trinajstić information content (AvgIpc) is 2.26. The number of nitrogen functional groups attached to an aromatic ring is 1. The number of aryl methyl sites for hydroxylation is 1. The van der Waals surface area contributed by atoms with Crippen LogP contribution in [0.2, 0.25) is 0 Å². The van der Waals surface area contributed by atoms with Crippen LogP contribution in [0.4, 0.5) is 18.9 Å². The fourth-order valence-electron chi connectivity index (χ4n) is 1.37. The van der Waals surface area contributed by atoms with Gasteiger partial charge in [0.1, 0.15) is 0 Å². The van der Waals surface area contributed by atoms with E-state index in [1.807, 2.05) is 0 Å². The normalized spacial score (nSPS) is 11.3. The summed E-state index contributed by atoms with van der Waals surface area (Å²) < 4.78 is 40.4. The molecule has 2 N–H and O–H groups in total. The van der Waals surface area contributed by atoms with Gasteiger partial charge in [-0.15, -0.1) is 0 Å². The second-order valence-corrected chi connectivity index (χ2v) is 3.93. The fraction of sp³-hybridized carbons (Fsp3) is 0.417. The standard InChI is InChI=1S/C12H14F3NO2/c1-8-3-4-9(16)7-10(8)11(17)18-6-2-5-12(13,14)15/h3-4,7H,2,5-6,16H2,1H3. The van der Waals surface area contributed by atoms with Gasteiger partial charge in [0, 0.05) is 12.1 Å². The van der Waals surface area contributed by atoms with E-state index < -0.39 is 18.6 Å². The second-order valence-electron chi connectivity index (χ2n) is 3.93. The molecule has 3 nitrogen and oxygen atoms in total. The molecule has 1 aromatic rings. The summed E-state index contributed by atoms with van der Waals surface area (Å²) in [5, 5.41) is 0. The predicted molar refractivity (Wildman–Crippen MR) is 61.2 cm³/mol. The largest absolute Gasteiger partial charge is 0.462 e. The first-order chi connectivity index (χ1) is 8.29. The van der Waals surface area contributed by atoms with E-state index in [4.69, 9.17) is 10.5 Å². The summed E-state index contributed by atoms with van der Waals surface area (Å²) in [7, 11) is 0. The summed E-state index contributed by atoms with van der Waals surface area (Å²) in [6, 6.07) is 4.73. The minimum atomic E-state index is -4.22. The van der Waals surface area contributed by atoms with E-state index in [9.17, 15) is 18.0 Å². The Labute approximate surface area is 103 Å². The van der Waals surface area contributed by atoms with Crippen molar-refractivity contribution < 1.29 is 22.7 Å². The van der Waals surface area contributed by atoms with Gasteiger partial charge in [0.15, 0.2) is 0 Å². The fourth-order valence-corrected chi connectivity index (χ4v) is 1.37. The van der Waals surface area contributed by atoms with E-state index in [0.29, 0.717) is 11.3 Å². The van der Waals surface area contributed by atoms with E-state index in [1.165, 1.54) is 6.07 Å².